The Bertz CT molecular complexity index is 552. The second kappa shape index (κ2) is 6.15. The smallest absolute Gasteiger partial charge is 0.273 e. The number of nitro benzene ring substituents is 1. The minimum absolute atomic E-state index is 0.0874. The molecular weight excluding hydrogens is 256 g/mol. The van der Waals surface area contributed by atoms with Crippen molar-refractivity contribution in [1.82, 2.24) is 0 Å². The van der Waals surface area contributed by atoms with Gasteiger partial charge in [0, 0.05) is 12.1 Å². The van der Waals surface area contributed by atoms with Crippen molar-refractivity contribution in [2.45, 2.75) is 0 Å². The van der Waals surface area contributed by atoms with Crippen LogP contribution in [0, 0.1) is 10.1 Å². The van der Waals surface area contributed by atoms with Gasteiger partial charge >= 0.3 is 0 Å². The van der Waals surface area contributed by atoms with Gasteiger partial charge < -0.3 is 20.0 Å². The molecule has 0 saturated heterocycles. The van der Waals surface area contributed by atoms with Crippen LogP contribution in [0.25, 0.3) is 0 Å². The molecule has 1 N–H and O–H groups in total. The summed E-state index contributed by atoms with van der Waals surface area (Å²) in [6.07, 6.45) is 1.32. The van der Waals surface area contributed by atoms with Gasteiger partial charge in [0.15, 0.2) is 0 Å². The first-order chi connectivity index (χ1) is 8.93. The lowest BCUT2D eigenvalue weighted by Gasteiger charge is -2.08. The Labute approximate surface area is 107 Å². The van der Waals surface area contributed by atoms with Crippen LogP contribution in [0.4, 0.5) is 11.4 Å². The van der Waals surface area contributed by atoms with E-state index in [1.54, 1.807) is 0 Å². The second-order valence-corrected chi connectivity index (χ2v) is 3.28. The predicted molar refractivity (Wildman–Crippen MR) is 62.4 cm³/mol. The molecule has 0 bridgehead atoms. The van der Waals surface area contributed by atoms with Gasteiger partial charge in [0.25, 0.3) is 5.69 Å². The first kappa shape index (κ1) is 14.2. The molecule has 8 heteroatoms. The van der Waals surface area contributed by atoms with E-state index in [-0.39, 0.29) is 17.1 Å². The van der Waals surface area contributed by atoms with Crippen LogP contribution in [0.3, 0.4) is 0 Å². The highest BCUT2D eigenvalue weighted by atomic mass is 16.6. The zero-order valence-electron chi connectivity index (χ0n) is 9.78. The lowest BCUT2D eigenvalue weighted by Crippen LogP contribution is -2.20. The fraction of sp³-hybridized carbons (Fsp3) is 0.0909. The first-order valence-electron chi connectivity index (χ1n) is 4.96. The van der Waals surface area contributed by atoms with Crippen LogP contribution >= 0.6 is 0 Å². The summed E-state index contributed by atoms with van der Waals surface area (Å²) in [5.41, 5.74) is -0.0128. The third kappa shape index (κ3) is 4.11. The quantitative estimate of drug-likeness (QED) is 0.448. The molecule has 0 unspecified atom stereocenters. The molecule has 1 aromatic carbocycles. The van der Waals surface area contributed by atoms with E-state index >= 15 is 0 Å². The van der Waals surface area contributed by atoms with Gasteiger partial charge in [0.2, 0.25) is 5.91 Å². The monoisotopic (exact) mass is 265 g/mol. The largest absolute Gasteiger partial charge is 0.545 e. The molecule has 0 aliphatic heterocycles. The number of non-ortho nitro benzene ring substituents is 1. The van der Waals surface area contributed by atoms with Crippen molar-refractivity contribution < 1.29 is 24.4 Å². The molecule has 8 nitrogen and oxygen atoms in total. The van der Waals surface area contributed by atoms with E-state index in [0.717, 1.165) is 12.1 Å². The molecule has 0 saturated carbocycles. The van der Waals surface area contributed by atoms with Gasteiger partial charge in [0.05, 0.1) is 29.8 Å². The summed E-state index contributed by atoms with van der Waals surface area (Å²) in [6.45, 7) is 0. The topological polar surface area (TPSA) is 122 Å². The maximum Gasteiger partial charge on any atom is 0.273 e. The number of carboxylic acid groups (broad SMARTS) is 1. The van der Waals surface area contributed by atoms with Crippen LogP contribution < -0.4 is 15.2 Å². The van der Waals surface area contributed by atoms with Gasteiger partial charge in [-0.1, -0.05) is 0 Å². The van der Waals surface area contributed by atoms with Crippen molar-refractivity contribution in [3.05, 3.63) is 40.5 Å². The van der Waals surface area contributed by atoms with E-state index in [1.165, 1.54) is 19.2 Å². The number of nitro groups is 1. The third-order valence-electron chi connectivity index (χ3n) is 2.02. The summed E-state index contributed by atoms with van der Waals surface area (Å²) in [6, 6.07) is 3.60. The third-order valence-corrected chi connectivity index (χ3v) is 2.02. The maximum atomic E-state index is 11.3. The number of methoxy groups -OCH3 is 1. The van der Waals surface area contributed by atoms with Crippen LogP contribution in [0.1, 0.15) is 0 Å². The number of rotatable bonds is 5. The number of carbonyl (C=O) groups excluding carboxylic acids is 2. The SMILES string of the molecule is COc1cc([N+](=O)[O-])ccc1NC(=O)/C=C\C(=O)[O-]. The Morgan fingerprint density at radius 1 is 1.37 bits per heavy atom. The fourth-order valence-corrected chi connectivity index (χ4v) is 1.21. The number of anilines is 1. The molecule has 0 heterocycles. The van der Waals surface area contributed by atoms with E-state index in [9.17, 15) is 24.8 Å². The van der Waals surface area contributed by atoms with Crippen LogP contribution in [0.15, 0.2) is 30.4 Å². The Morgan fingerprint density at radius 2 is 2.05 bits per heavy atom. The lowest BCUT2D eigenvalue weighted by atomic mass is 10.2. The summed E-state index contributed by atoms with van der Waals surface area (Å²) in [7, 11) is 1.28. The lowest BCUT2D eigenvalue weighted by molar-refractivity contribution is -0.384. The average Bonchev–Trinajstić information content (AvgIpc) is 2.36. The Morgan fingerprint density at radius 3 is 2.58 bits per heavy atom. The molecule has 0 aromatic heterocycles. The van der Waals surface area contributed by atoms with Crippen molar-refractivity contribution in [2.75, 3.05) is 12.4 Å². The zero-order chi connectivity index (χ0) is 14.4. The molecule has 1 amide bonds. The predicted octanol–water partition coefficient (Wildman–Crippen LogP) is -0.152. The molecule has 0 atom stereocenters. The molecule has 19 heavy (non-hydrogen) atoms. The minimum atomic E-state index is -1.51. The summed E-state index contributed by atoms with van der Waals surface area (Å²) in [5.74, 6) is -2.15. The highest BCUT2D eigenvalue weighted by Gasteiger charge is 2.12. The van der Waals surface area contributed by atoms with Gasteiger partial charge in [-0.3, -0.25) is 14.9 Å². The molecule has 0 spiro atoms. The van der Waals surface area contributed by atoms with E-state index < -0.39 is 16.8 Å². The first-order valence-corrected chi connectivity index (χ1v) is 4.96. The van der Waals surface area contributed by atoms with Crippen LogP contribution in [-0.4, -0.2) is 23.9 Å². The van der Waals surface area contributed by atoms with Gasteiger partial charge in [-0.05, 0) is 12.1 Å². The Hall–Kier alpha value is -2.90. The Balaban J connectivity index is 2.92. The zero-order valence-corrected chi connectivity index (χ0v) is 9.78. The van der Waals surface area contributed by atoms with Crippen molar-refractivity contribution >= 4 is 23.3 Å². The normalized spacial score (nSPS) is 10.2. The molecule has 0 fully saturated rings. The van der Waals surface area contributed by atoms with Crippen molar-refractivity contribution in [3.63, 3.8) is 0 Å². The number of nitrogens with one attached hydrogen (secondary N) is 1. The van der Waals surface area contributed by atoms with Crippen LogP contribution in [0.2, 0.25) is 0 Å². The highest BCUT2D eigenvalue weighted by Crippen LogP contribution is 2.28. The van der Waals surface area contributed by atoms with E-state index in [0.29, 0.717) is 6.08 Å². The molecule has 0 radical (unpaired) electrons. The number of amides is 1. The molecular formula is C11H9N2O6-. The Kier molecular flexibility index (Phi) is 4.58. The number of benzene rings is 1. The number of nitrogens with zero attached hydrogens (tertiary/aromatic N) is 1. The molecule has 0 aliphatic rings. The number of carbonyl (C=O) groups is 2. The molecule has 1 aromatic rings. The van der Waals surface area contributed by atoms with Crippen molar-refractivity contribution in [2.24, 2.45) is 0 Å². The van der Waals surface area contributed by atoms with Gasteiger partial charge in [-0.15, -0.1) is 0 Å². The van der Waals surface area contributed by atoms with Crippen LogP contribution in [0.5, 0.6) is 5.75 Å². The highest BCUT2D eigenvalue weighted by molar-refractivity contribution is 6.02. The number of carboxylic acids is 1. The van der Waals surface area contributed by atoms with Gasteiger partial charge in [-0.25, -0.2) is 0 Å². The maximum absolute atomic E-state index is 11.3. The van der Waals surface area contributed by atoms with Gasteiger partial charge in [0.1, 0.15) is 5.75 Å². The standard InChI is InChI=1S/C11H10N2O6/c1-19-9-6-7(13(17)18)2-3-8(9)12-10(14)4-5-11(15)16/h2-6H,1H3,(H,12,14)(H,15,16)/p-1/b5-4-. The fourth-order valence-electron chi connectivity index (χ4n) is 1.21. The van der Waals surface area contributed by atoms with E-state index in [2.05, 4.69) is 5.32 Å². The second-order valence-electron chi connectivity index (χ2n) is 3.28. The van der Waals surface area contributed by atoms with Crippen LogP contribution in [-0.2, 0) is 9.59 Å². The van der Waals surface area contributed by atoms with Gasteiger partial charge in [-0.2, -0.15) is 0 Å². The summed E-state index contributed by atoms with van der Waals surface area (Å²) in [5, 5.41) is 23.0. The summed E-state index contributed by atoms with van der Waals surface area (Å²) >= 11 is 0. The number of aliphatic carboxylic acids is 1. The molecule has 0 aliphatic carbocycles. The minimum Gasteiger partial charge on any atom is -0.545 e. The van der Waals surface area contributed by atoms with Crippen molar-refractivity contribution in [1.29, 1.82) is 0 Å². The van der Waals surface area contributed by atoms with E-state index in [1.807, 2.05) is 0 Å². The molecule has 100 valence electrons. The van der Waals surface area contributed by atoms with E-state index in [4.69, 9.17) is 4.74 Å². The number of ether oxygens (including phenoxy) is 1. The summed E-state index contributed by atoms with van der Waals surface area (Å²) in [4.78, 5) is 31.4. The number of hydrogen-bond acceptors (Lipinski definition) is 6. The average molecular weight is 265 g/mol. The number of hydrogen-bond donors (Lipinski definition) is 1. The van der Waals surface area contributed by atoms with Crippen molar-refractivity contribution in [3.8, 4) is 5.75 Å². The summed E-state index contributed by atoms with van der Waals surface area (Å²) < 4.78 is 4.89. The molecule has 1 rings (SSSR count).